The van der Waals surface area contributed by atoms with E-state index in [9.17, 15) is 4.79 Å². The van der Waals surface area contributed by atoms with Gasteiger partial charge in [0, 0.05) is 18.6 Å². The number of esters is 1. The number of rotatable bonds is 3. The van der Waals surface area contributed by atoms with Crippen molar-refractivity contribution in [2.45, 2.75) is 13.5 Å². The molecule has 5 heteroatoms. The lowest BCUT2D eigenvalue weighted by Gasteiger charge is -2.07. The number of nitrogens with zero attached hydrogens (tertiary/aromatic N) is 2. The van der Waals surface area contributed by atoms with Crippen molar-refractivity contribution >= 4 is 5.97 Å². The van der Waals surface area contributed by atoms with Crippen molar-refractivity contribution in [1.82, 2.24) is 9.97 Å². The molecule has 0 spiro atoms. The number of ether oxygens (including phenoxy) is 1. The van der Waals surface area contributed by atoms with E-state index in [0.717, 1.165) is 0 Å². The summed E-state index contributed by atoms with van der Waals surface area (Å²) < 4.78 is 5.22. The summed E-state index contributed by atoms with van der Waals surface area (Å²) in [6, 6.07) is 4.87. The van der Waals surface area contributed by atoms with Gasteiger partial charge in [-0.1, -0.05) is 0 Å². The van der Waals surface area contributed by atoms with E-state index in [1.807, 2.05) is 0 Å². The predicted octanol–water partition coefficient (Wildman–Crippen LogP) is 1.50. The van der Waals surface area contributed by atoms with Gasteiger partial charge in [0.15, 0.2) is 5.75 Å². The zero-order chi connectivity index (χ0) is 13.0. The highest BCUT2D eigenvalue weighted by atomic mass is 16.5. The summed E-state index contributed by atoms with van der Waals surface area (Å²) in [5.74, 6) is -0.154. The van der Waals surface area contributed by atoms with Crippen molar-refractivity contribution in [1.29, 1.82) is 0 Å². The number of carbonyl (C=O) groups is 1. The fourth-order valence-corrected chi connectivity index (χ4v) is 1.39. The molecule has 2 aromatic rings. The Morgan fingerprint density at radius 2 is 2.28 bits per heavy atom. The van der Waals surface area contributed by atoms with Gasteiger partial charge in [-0.2, -0.15) is 0 Å². The fourth-order valence-electron chi connectivity index (χ4n) is 1.39. The van der Waals surface area contributed by atoms with Crippen LogP contribution in [0.3, 0.4) is 0 Å². The van der Waals surface area contributed by atoms with Gasteiger partial charge in [-0.25, -0.2) is 4.79 Å². The van der Waals surface area contributed by atoms with Crippen molar-refractivity contribution in [3.8, 4) is 5.75 Å². The van der Waals surface area contributed by atoms with Crippen LogP contribution in [0.4, 0.5) is 0 Å². The number of hydrogen-bond acceptors (Lipinski definition) is 5. The number of aromatic nitrogens is 2. The molecule has 2 rings (SSSR count). The molecule has 0 fully saturated rings. The molecule has 0 bridgehead atoms. The van der Waals surface area contributed by atoms with E-state index in [1.54, 1.807) is 31.3 Å². The molecule has 2 aromatic heterocycles. The molecule has 1 N–H and O–H groups in total. The van der Waals surface area contributed by atoms with Crippen LogP contribution in [0.2, 0.25) is 0 Å². The monoisotopic (exact) mass is 244 g/mol. The Bertz CT molecular complexity index is 555. The molecule has 2 heterocycles. The van der Waals surface area contributed by atoms with Crippen LogP contribution < -0.4 is 4.74 Å². The standard InChI is InChI=1S/C13H12N2O3/c1-9-12(5-10(8-16)6-15-9)18-13(17)11-3-2-4-14-7-11/h2-7,16H,8H2,1H3. The lowest BCUT2D eigenvalue weighted by molar-refractivity contribution is 0.0732. The molecule has 0 aliphatic rings. The second kappa shape index (κ2) is 5.37. The minimum atomic E-state index is -0.497. The summed E-state index contributed by atoms with van der Waals surface area (Å²) in [7, 11) is 0. The first-order chi connectivity index (χ1) is 8.70. The van der Waals surface area contributed by atoms with Crippen LogP contribution in [0.5, 0.6) is 5.75 Å². The maximum Gasteiger partial charge on any atom is 0.345 e. The topological polar surface area (TPSA) is 72.3 Å². The van der Waals surface area contributed by atoms with Gasteiger partial charge in [0.1, 0.15) is 0 Å². The molecule has 18 heavy (non-hydrogen) atoms. The average molecular weight is 244 g/mol. The van der Waals surface area contributed by atoms with Gasteiger partial charge < -0.3 is 9.84 Å². The Labute approximate surface area is 104 Å². The summed E-state index contributed by atoms with van der Waals surface area (Å²) in [6.45, 7) is 1.58. The highest BCUT2D eigenvalue weighted by molar-refractivity contribution is 5.90. The highest BCUT2D eigenvalue weighted by Crippen LogP contribution is 2.18. The SMILES string of the molecule is Cc1ncc(CO)cc1OC(=O)c1cccnc1. The van der Waals surface area contributed by atoms with Crippen LogP contribution in [-0.2, 0) is 6.61 Å². The van der Waals surface area contributed by atoms with E-state index >= 15 is 0 Å². The van der Waals surface area contributed by atoms with Gasteiger partial charge in [-0.15, -0.1) is 0 Å². The molecule has 0 atom stereocenters. The van der Waals surface area contributed by atoms with Crippen LogP contribution >= 0.6 is 0 Å². The van der Waals surface area contributed by atoms with Gasteiger partial charge in [-0.05, 0) is 30.7 Å². The molecule has 5 nitrogen and oxygen atoms in total. The molecule has 0 aromatic carbocycles. The second-order valence-corrected chi connectivity index (χ2v) is 3.72. The van der Waals surface area contributed by atoms with Crippen LogP contribution in [0.25, 0.3) is 0 Å². The summed E-state index contributed by atoms with van der Waals surface area (Å²) in [5, 5.41) is 9.01. The molecule has 92 valence electrons. The third kappa shape index (κ3) is 2.70. The van der Waals surface area contributed by atoms with E-state index in [-0.39, 0.29) is 6.61 Å². The fraction of sp³-hybridized carbons (Fsp3) is 0.154. The zero-order valence-corrected chi connectivity index (χ0v) is 9.83. The lowest BCUT2D eigenvalue weighted by Crippen LogP contribution is -2.10. The van der Waals surface area contributed by atoms with E-state index in [1.165, 1.54) is 12.4 Å². The molecule has 0 aliphatic heterocycles. The van der Waals surface area contributed by atoms with Gasteiger partial charge in [0.05, 0.1) is 17.9 Å². The molecular formula is C13H12N2O3. The molecule has 0 saturated heterocycles. The Hall–Kier alpha value is -2.27. The number of aliphatic hydroxyl groups excluding tert-OH is 1. The van der Waals surface area contributed by atoms with Gasteiger partial charge in [0.2, 0.25) is 0 Å². The lowest BCUT2D eigenvalue weighted by atomic mass is 10.2. The Balaban J connectivity index is 2.21. The number of pyridine rings is 2. The van der Waals surface area contributed by atoms with Crippen molar-refractivity contribution in [2.75, 3.05) is 0 Å². The van der Waals surface area contributed by atoms with Crippen molar-refractivity contribution in [3.63, 3.8) is 0 Å². The zero-order valence-electron chi connectivity index (χ0n) is 9.83. The number of hydrogen-bond donors (Lipinski definition) is 1. The van der Waals surface area contributed by atoms with E-state index in [0.29, 0.717) is 22.6 Å². The summed E-state index contributed by atoms with van der Waals surface area (Å²) >= 11 is 0. The summed E-state index contributed by atoms with van der Waals surface area (Å²) in [6.07, 6.45) is 4.55. The summed E-state index contributed by atoms with van der Waals surface area (Å²) in [4.78, 5) is 19.7. The third-order valence-electron chi connectivity index (χ3n) is 2.38. The van der Waals surface area contributed by atoms with E-state index in [2.05, 4.69) is 9.97 Å². The minimum absolute atomic E-state index is 0.148. The van der Waals surface area contributed by atoms with Crippen LogP contribution in [0.1, 0.15) is 21.6 Å². The largest absolute Gasteiger partial charge is 0.421 e. The summed E-state index contributed by atoms with van der Waals surface area (Å²) in [5.41, 5.74) is 1.55. The van der Waals surface area contributed by atoms with E-state index < -0.39 is 5.97 Å². The van der Waals surface area contributed by atoms with Gasteiger partial charge in [0.25, 0.3) is 0 Å². The van der Waals surface area contributed by atoms with Crippen LogP contribution in [-0.4, -0.2) is 21.0 Å². The van der Waals surface area contributed by atoms with Crippen molar-refractivity contribution in [3.05, 3.63) is 53.6 Å². The molecule has 0 amide bonds. The molecule has 0 unspecified atom stereocenters. The predicted molar refractivity (Wildman–Crippen MR) is 64.1 cm³/mol. The average Bonchev–Trinajstić information content (AvgIpc) is 2.42. The maximum absolute atomic E-state index is 11.8. The smallest absolute Gasteiger partial charge is 0.345 e. The Morgan fingerprint density at radius 1 is 1.44 bits per heavy atom. The van der Waals surface area contributed by atoms with Crippen molar-refractivity contribution in [2.24, 2.45) is 0 Å². The molecular weight excluding hydrogens is 232 g/mol. The number of aryl methyl sites for hydroxylation is 1. The Kier molecular flexibility index (Phi) is 3.64. The Morgan fingerprint density at radius 3 is 2.94 bits per heavy atom. The first-order valence-corrected chi connectivity index (χ1v) is 5.39. The van der Waals surface area contributed by atoms with Gasteiger partial charge >= 0.3 is 5.97 Å². The minimum Gasteiger partial charge on any atom is -0.421 e. The quantitative estimate of drug-likeness (QED) is 0.828. The van der Waals surface area contributed by atoms with Gasteiger partial charge in [-0.3, -0.25) is 9.97 Å². The number of carbonyl (C=O) groups excluding carboxylic acids is 1. The second-order valence-electron chi connectivity index (χ2n) is 3.72. The van der Waals surface area contributed by atoms with Crippen LogP contribution in [0, 0.1) is 6.92 Å². The molecule has 0 saturated carbocycles. The normalized spacial score (nSPS) is 10.1. The maximum atomic E-state index is 11.8. The van der Waals surface area contributed by atoms with E-state index in [4.69, 9.17) is 9.84 Å². The first kappa shape index (κ1) is 12.2. The van der Waals surface area contributed by atoms with Crippen LogP contribution in [0.15, 0.2) is 36.8 Å². The molecule has 0 aliphatic carbocycles. The third-order valence-corrected chi connectivity index (χ3v) is 2.38. The highest BCUT2D eigenvalue weighted by Gasteiger charge is 2.11. The van der Waals surface area contributed by atoms with Crippen molar-refractivity contribution < 1.29 is 14.6 Å². The first-order valence-electron chi connectivity index (χ1n) is 5.39. The molecule has 0 radical (unpaired) electrons. The number of aliphatic hydroxyl groups is 1.